The second-order valence-corrected chi connectivity index (χ2v) is 5.53. The Balaban J connectivity index is 1.71. The van der Waals surface area contributed by atoms with E-state index in [9.17, 15) is 4.79 Å². The normalized spacial score (nSPS) is 12.2. The molecule has 124 valence electrons. The number of imidazole rings is 1. The maximum Gasteiger partial charge on any atom is 0.274 e. The molecule has 4 rings (SSSR count). The van der Waals surface area contributed by atoms with Gasteiger partial charge in [-0.2, -0.15) is 5.10 Å². The van der Waals surface area contributed by atoms with Crippen molar-refractivity contribution in [2.24, 2.45) is 0 Å². The van der Waals surface area contributed by atoms with Gasteiger partial charge in [0.25, 0.3) is 5.91 Å². The lowest BCUT2D eigenvalue weighted by molar-refractivity contribution is 0.0937. The monoisotopic (exact) mass is 333 g/mol. The van der Waals surface area contributed by atoms with Crippen LogP contribution in [0.15, 0.2) is 55.1 Å². The van der Waals surface area contributed by atoms with E-state index in [4.69, 9.17) is 0 Å². The quantitative estimate of drug-likeness (QED) is 0.592. The van der Waals surface area contributed by atoms with Crippen LogP contribution in [0.1, 0.15) is 33.7 Å². The van der Waals surface area contributed by atoms with E-state index in [1.807, 2.05) is 37.3 Å². The van der Waals surface area contributed by atoms with Crippen LogP contribution in [0.4, 0.5) is 0 Å². The van der Waals surface area contributed by atoms with Gasteiger partial charge in [0.2, 0.25) is 0 Å². The smallest absolute Gasteiger partial charge is 0.274 e. The summed E-state index contributed by atoms with van der Waals surface area (Å²) in [6.45, 7) is 1.81. The largest absolute Gasteiger partial charge is 0.336 e. The molecule has 0 aliphatic heterocycles. The highest BCUT2D eigenvalue weighted by atomic mass is 16.2. The van der Waals surface area contributed by atoms with Crippen molar-refractivity contribution >= 4 is 11.6 Å². The Morgan fingerprint density at radius 3 is 2.64 bits per heavy atom. The lowest BCUT2D eigenvalue weighted by Crippen LogP contribution is -2.31. The van der Waals surface area contributed by atoms with E-state index in [1.54, 1.807) is 29.2 Å². The zero-order valence-corrected chi connectivity index (χ0v) is 13.4. The number of H-pyrrole nitrogens is 1. The zero-order valence-electron chi connectivity index (χ0n) is 13.4. The van der Waals surface area contributed by atoms with Gasteiger partial charge in [-0.1, -0.05) is 30.3 Å². The lowest BCUT2D eigenvalue weighted by atomic mass is 10.1. The lowest BCUT2D eigenvalue weighted by Gasteiger charge is -2.16. The van der Waals surface area contributed by atoms with Crippen LogP contribution < -0.4 is 5.32 Å². The third-order valence-electron chi connectivity index (χ3n) is 3.81. The van der Waals surface area contributed by atoms with E-state index < -0.39 is 6.04 Å². The number of hydrogen-bond acceptors (Lipinski definition) is 5. The number of nitrogens with one attached hydrogen (secondary N) is 2. The first-order chi connectivity index (χ1) is 12.2. The third-order valence-corrected chi connectivity index (χ3v) is 3.81. The minimum absolute atomic E-state index is 0.251. The Bertz CT molecular complexity index is 1020. The second-order valence-electron chi connectivity index (χ2n) is 5.53. The Morgan fingerprint density at radius 1 is 1.16 bits per heavy atom. The number of aromatic amines is 1. The number of rotatable bonds is 4. The molecule has 8 nitrogen and oxygen atoms in total. The Morgan fingerprint density at radius 2 is 1.92 bits per heavy atom. The summed E-state index contributed by atoms with van der Waals surface area (Å²) < 4.78 is 1.75. The Labute approximate surface area is 143 Å². The molecule has 8 heteroatoms. The van der Waals surface area contributed by atoms with Gasteiger partial charge in [0.15, 0.2) is 17.2 Å². The van der Waals surface area contributed by atoms with Crippen molar-refractivity contribution in [2.75, 3.05) is 0 Å². The van der Waals surface area contributed by atoms with Gasteiger partial charge in [-0.15, -0.1) is 0 Å². The molecule has 0 bridgehead atoms. The molecule has 0 spiro atoms. The van der Waals surface area contributed by atoms with Crippen molar-refractivity contribution in [3.05, 3.63) is 78.0 Å². The summed E-state index contributed by atoms with van der Waals surface area (Å²) in [5.74, 6) is 0.833. The molecule has 0 radical (unpaired) electrons. The van der Waals surface area contributed by atoms with E-state index in [1.165, 1.54) is 0 Å². The number of nitrogens with zero attached hydrogens (tertiary/aromatic N) is 5. The van der Waals surface area contributed by atoms with Crippen LogP contribution in [0.25, 0.3) is 5.65 Å². The molecule has 3 aromatic heterocycles. The summed E-state index contributed by atoms with van der Waals surface area (Å²) in [4.78, 5) is 25.6. The minimum Gasteiger partial charge on any atom is -0.336 e. The maximum absolute atomic E-state index is 12.8. The van der Waals surface area contributed by atoms with Gasteiger partial charge < -0.3 is 9.72 Å². The molecule has 0 fully saturated rings. The first-order valence-corrected chi connectivity index (χ1v) is 7.75. The average molecular weight is 333 g/mol. The van der Waals surface area contributed by atoms with E-state index in [2.05, 4.69) is 30.5 Å². The first-order valence-electron chi connectivity index (χ1n) is 7.75. The Kier molecular flexibility index (Phi) is 3.70. The minimum atomic E-state index is -0.490. The van der Waals surface area contributed by atoms with Crippen LogP contribution in [0.2, 0.25) is 0 Å². The van der Waals surface area contributed by atoms with Crippen molar-refractivity contribution in [2.45, 2.75) is 13.0 Å². The van der Waals surface area contributed by atoms with E-state index in [0.29, 0.717) is 17.3 Å². The van der Waals surface area contributed by atoms with Crippen molar-refractivity contribution in [3.8, 4) is 0 Å². The van der Waals surface area contributed by atoms with Crippen LogP contribution >= 0.6 is 0 Å². The van der Waals surface area contributed by atoms with Crippen molar-refractivity contribution in [1.29, 1.82) is 0 Å². The molecule has 0 unspecified atom stereocenters. The van der Waals surface area contributed by atoms with Crippen molar-refractivity contribution < 1.29 is 4.79 Å². The number of hydrogen-bond donors (Lipinski definition) is 2. The molecule has 4 aromatic rings. The first kappa shape index (κ1) is 15.0. The van der Waals surface area contributed by atoms with Gasteiger partial charge in [-0.3, -0.25) is 9.89 Å². The molecule has 1 aromatic carbocycles. The van der Waals surface area contributed by atoms with Gasteiger partial charge in [-0.05, 0) is 12.5 Å². The summed E-state index contributed by atoms with van der Waals surface area (Å²) in [5.41, 5.74) is 1.63. The standard InChI is InChI=1S/C17H15N7O/c1-11-20-15(23-22-11)13(12-5-3-2-4-6-12)21-17(25)14-16-19-8-10-24(16)9-7-18-14/h2-10,13H,1H3,(H,21,25)(H,20,22,23)/t13-/m0/s1. The van der Waals surface area contributed by atoms with Gasteiger partial charge in [0.05, 0.1) is 0 Å². The number of aryl methyl sites for hydroxylation is 1. The summed E-state index contributed by atoms with van der Waals surface area (Å²) in [6.07, 6.45) is 6.70. The number of carbonyl (C=O) groups is 1. The van der Waals surface area contributed by atoms with Crippen LogP contribution in [-0.2, 0) is 0 Å². The molecule has 0 saturated carbocycles. The van der Waals surface area contributed by atoms with E-state index in [-0.39, 0.29) is 11.6 Å². The number of amides is 1. The molecule has 1 amide bonds. The van der Waals surface area contributed by atoms with E-state index >= 15 is 0 Å². The molecule has 0 aliphatic carbocycles. The van der Waals surface area contributed by atoms with Crippen LogP contribution in [-0.4, -0.2) is 35.5 Å². The van der Waals surface area contributed by atoms with Gasteiger partial charge in [0.1, 0.15) is 11.9 Å². The molecular formula is C17H15N7O. The maximum atomic E-state index is 12.8. The highest BCUT2D eigenvalue weighted by molar-refractivity contribution is 5.98. The second kappa shape index (κ2) is 6.16. The summed E-state index contributed by atoms with van der Waals surface area (Å²) in [7, 11) is 0. The Hall–Kier alpha value is -3.55. The van der Waals surface area contributed by atoms with Gasteiger partial charge in [-0.25, -0.2) is 15.0 Å². The topological polar surface area (TPSA) is 101 Å². The SMILES string of the molecule is Cc1nc([C@@H](NC(=O)c2nccn3ccnc23)c2ccccc2)n[nH]1. The number of aromatic nitrogens is 6. The fourth-order valence-corrected chi connectivity index (χ4v) is 2.65. The van der Waals surface area contributed by atoms with E-state index in [0.717, 1.165) is 5.56 Å². The highest BCUT2D eigenvalue weighted by Gasteiger charge is 2.23. The predicted molar refractivity (Wildman–Crippen MR) is 89.9 cm³/mol. The van der Waals surface area contributed by atoms with Crippen molar-refractivity contribution in [1.82, 2.24) is 34.9 Å². The van der Waals surface area contributed by atoms with Crippen LogP contribution in [0, 0.1) is 6.92 Å². The van der Waals surface area contributed by atoms with Gasteiger partial charge >= 0.3 is 0 Å². The molecule has 0 aliphatic rings. The molecule has 25 heavy (non-hydrogen) atoms. The highest BCUT2D eigenvalue weighted by Crippen LogP contribution is 2.19. The predicted octanol–water partition coefficient (Wildman–Crippen LogP) is 1.68. The molecule has 2 N–H and O–H groups in total. The number of benzene rings is 1. The summed E-state index contributed by atoms with van der Waals surface area (Å²) in [5, 5.41) is 9.97. The number of carbonyl (C=O) groups excluding carboxylic acids is 1. The number of fused-ring (bicyclic) bond motifs is 1. The summed E-state index contributed by atoms with van der Waals surface area (Å²) >= 11 is 0. The fraction of sp³-hybridized carbons (Fsp3) is 0.118. The molecule has 0 saturated heterocycles. The van der Waals surface area contributed by atoms with Crippen LogP contribution in [0.5, 0.6) is 0 Å². The third kappa shape index (κ3) is 2.85. The molecular weight excluding hydrogens is 318 g/mol. The summed E-state index contributed by atoms with van der Waals surface area (Å²) in [6, 6.07) is 9.07. The van der Waals surface area contributed by atoms with Gasteiger partial charge in [0, 0.05) is 24.8 Å². The van der Waals surface area contributed by atoms with Crippen LogP contribution in [0.3, 0.4) is 0 Å². The zero-order chi connectivity index (χ0) is 17.2. The average Bonchev–Trinajstić information content (AvgIpc) is 3.28. The molecule has 1 atom stereocenters. The fourth-order valence-electron chi connectivity index (χ4n) is 2.65. The molecule has 3 heterocycles. The van der Waals surface area contributed by atoms with Crippen molar-refractivity contribution in [3.63, 3.8) is 0 Å².